The van der Waals surface area contributed by atoms with Gasteiger partial charge in [-0.05, 0) is 18.6 Å². The summed E-state index contributed by atoms with van der Waals surface area (Å²) in [4.78, 5) is 4.60. The second-order valence-corrected chi connectivity index (χ2v) is 5.03. The number of aryl methyl sites for hydroxylation is 1. The maximum absolute atomic E-state index is 14.1. The molecule has 0 saturated carbocycles. The van der Waals surface area contributed by atoms with Crippen molar-refractivity contribution in [1.29, 1.82) is 0 Å². The van der Waals surface area contributed by atoms with E-state index in [0.717, 1.165) is 49.1 Å². The Morgan fingerprint density at radius 2 is 2.20 bits per heavy atom. The molecule has 0 fully saturated rings. The minimum absolute atomic E-state index is 0.268. The third-order valence-corrected chi connectivity index (χ3v) is 3.58. The Kier molecular flexibility index (Phi) is 3.53. The fraction of sp³-hybridized carbons (Fsp3) is 0.400. The Morgan fingerprint density at radius 3 is 3.00 bits per heavy atom. The molecule has 1 aromatic carbocycles. The highest BCUT2D eigenvalue weighted by molar-refractivity contribution is 5.40. The molecular weight excluding hydrogens is 260 g/mol. The van der Waals surface area contributed by atoms with Gasteiger partial charge in [0.1, 0.15) is 17.5 Å². The summed E-state index contributed by atoms with van der Waals surface area (Å²) >= 11 is 0. The highest BCUT2D eigenvalue weighted by Gasteiger charge is 2.22. The monoisotopic (exact) mass is 277 g/mol. The van der Waals surface area contributed by atoms with Crippen LogP contribution in [0.1, 0.15) is 30.6 Å². The number of fused-ring (bicyclic) bond motifs is 1. The minimum atomic E-state index is -0.430. The van der Waals surface area contributed by atoms with Crippen LogP contribution in [-0.2, 0) is 19.4 Å². The zero-order valence-electron chi connectivity index (χ0n) is 11.4. The molecule has 0 atom stereocenters. The third kappa shape index (κ3) is 2.22. The van der Waals surface area contributed by atoms with Gasteiger partial charge in [-0.3, -0.25) is 4.57 Å². The molecule has 20 heavy (non-hydrogen) atoms. The molecule has 0 aliphatic carbocycles. The van der Waals surface area contributed by atoms with Crippen molar-refractivity contribution in [3.8, 4) is 5.69 Å². The number of aromatic nitrogens is 2. The molecule has 2 aromatic rings. The first kappa shape index (κ1) is 13.2. The van der Waals surface area contributed by atoms with Crippen molar-refractivity contribution in [2.75, 3.05) is 6.54 Å². The van der Waals surface area contributed by atoms with Crippen molar-refractivity contribution < 1.29 is 8.78 Å². The average molecular weight is 277 g/mol. The molecule has 1 aromatic heterocycles. The summed E-state index contributed by atoms with van der Waals surface area (Å²) in [7, 11) is 0. The summed E-state index contributed by atoms with van der Waals surface area (Å²) in [6, 6.07) is 3.57. The topological polar surface area (TPSA) is 29.9 Å². The first-order chi connectivity index (χ1) is 9.70. The van der Waals surface area contributed by atoms with Crippen LogP contribution in [-0.4, -0.2) is 16.1 Å². The van der Waals surface area contributed by atoms with Crippen LogP contribution in [0.2, 0.25) is 0 Å². The molecule has 0 saturated heterocycles. The largest absolute Gasteiger partial charge is 0.311 e. The Balaban J connectivity index is 2.20. The molecule has 0 bridgehead atoms. The predicted molar refractivity (Wildman–Crippen MR) is 72.9 cm³/mol. The fourth-order valence-electron chi connectivity index (χ4n) is 2.70. The fourth-order valence-corrected chi connectivity index (χ4v) is 2.70. The molecule has 5 heteroatoms. The van der Waals surface area contributed by atoms with Crippen molar-refractivity contribution in [1.82, 2.24) is 14.9 Å². The normalized spacial score (nSPS) is 14.3. The molecule has 0 radical (unpaired) electrons. The van der Waals surface area contributed by atoms with E-state index in [-0.39, 0.29) is 5.69 Å². The van der Waals surface area contributed by atoms with Crippen LogP contribution in [0.25, 0.3) is 5.69 Å². The first-order valence-electron chi connectivity index (χ1n) is 6.96. The van der Waals surface area contributed by atoms with E-state index in [1.165, 1.54) is 12.1 Å². The summed E-state index contributed by atoms with van der Waals surface area (Å²) in [5.74, 6) is -0.0339. The molecule has 1 aliphatic heterocycles. The molecule has 1 aliphatic rings. The van der Waals surface area contributed by atoms with Gasteiger partial charge < -0.3 is 5.32 Å². The number of nitrogens with zero attached hydrogens (tertiary/aromatic N) is 2. The van der Waals surface area contributed by atoms with E-state index in [4.69, 9.17) is 0 Å². The summed E-state index contributed by atoms with van der Waals surface area (Å²) < 4.78 is 29.4. The van der Waals surface area contributed by atoms with Crippen LogP contribution in [0, 0.1) is 11.6 Å². The number of benzene rings is 1. The van der Waals surface area contributed by atoms with Crippen LogP contribution < -0.4 is 5.32 Å². The van der Waals surface area contributed by atoms with Gasteiger partial charge in [-0.2, -0.15) is 0 Å². The second-order valence-electron chi connectivity index (χ2n) is 5.03. The van der Waals surface area contributed by atoms with Crippen LogP contribution in [0.15, 0.2) is 18.2 Å². The maximum atomic E-state index is 14.1. The maximum Gasteiger partial charge on any atom is 0.147 e. The van der Waals surface area contributed by atoms with Crippen LogP contribution in [0.3, 0.4) is 0 Å². The van der Waals surface area contributed by atoms with Crippen molar-refractivity contribution in [2.24, 2.45) is 0 Å². The van der Waals surface area contributed by atoms with Gasteiger partial charge in [-0.1, -0.05) is 6.92 Å². The third-order valence-electron chi connectivity index (χ3n) is 3.58. The summed E-state index contributed by atoms with van der Waals surface area (Å²) in [6.45, 7) is 3.58. The molecule has 0 unspecified atom stereocenters. The molecule has 0 spiro atoms. The highest BCUT2D eigenvalue weighted by atomic mass is 19.1. The van der Waals surface area contributed by atoms with Crippen LogP contribution in [0.4, 0.5) is 8.78 Å². The van der Waals surface area contributed by atoms with Gasteiger partial charge >= 0.3 is 0 Å². The van der Waals surface area contributed by atoms with Crippen molar-refractivity contribution >= 4 is 0 Å². The van der Waals surface area contributed by atoms with Gasteiger partial charge in [0.25, 0.3) is 0 Å². The molecule has 106 valence electrons. The Bertz CT molecular complexity index is 634. The Hall–Kier alpha value is -1.75. The lowest BCUT2D eigenvalue weighted by Gasteiger charge is -2.16. The summed E-state index contributed by atoms with van der Waals surface area (Å²) in [5.41, 5.74) is 2.21. The molecule has 1 N–H and O–H groups in total. The minimum Gasteiger partial charge on any atom is -0.311 e. The zero-order valence-corrected chi connectivity index (χ0v) is 11.4. The van der Waals surface area contributed by atoms with E-state index < -0.39 is 11.6 Å². The first-order valence-corrected chi connectivity index (χ1v) is 6.96. The van der Waals surface area contributed by atoms with Crippen LogP contribution in [0.5, 0.6) is 0 Å². The SMILES string of the molecule is CCCc1nc2c(n1-c1cc(F)ccc1F)CCNC2. The molecule has 2 heterocycles. The van der Waals surface area contributed by atoms with Crippen LogP contribution >= 0.6 is 0 Å². The van der Waals surface area contributed by atoms with E-state index in [2.05, 4.69) is 17.2 Å². The lowest BCUT2D eigenvalue weighted by Crippen LogP contribution is -2.25. The lowest BCUT2D eigenvalue weighted by molar-refractivity contribution is 0.581. The second kappa shape index (κ2) is 5.32. The van der Waals surface area contributed by atoms with Gasteiger partial charge in [-0.15, -0.1) is 0 Å². The van der Waals surface area contributed by atoms with Crippen molar-refractivity contribution in [3.05, 3.63) is 47.0 Å². The number of imidazole rings is 1. The molecular formula is C15H17F2N3. The highest BCUT2D eigenvalue weighted by Crippen LogP contribution is 2.24. The van der Waals surface area contributed by atoms with Crippen molar-refractivity contribution in [3.63, 3.8) is 0 Å². The Labute approximate surface area is 116 Å². The standard InChI is InChI=1S/C15H17F2N3/c1-2-3-15-19-12-9-18-7-6-13(12)20(15)14-8-10(16)4-5-11(14)17/h4-5,8,18H,2-3,6-7,9H2,1H3. The average Bonchev–Trinajstić information content (AvgIpc) is 2.80. The quantitative estimate of drug-likeness (QED) is 0.935. The van der Waals surface area contributed by atoms with E-state index >= 15 is 0 Å². The van der Waals surface area contributed by atoms with Gasteiger partial charge in [0.05, 0.1) is 11.4 Å². The Morgan fingerprint density at radius 1 is 1.35 bits per heavy atom. The van der Waals surface area contributed by atoms with Crippen molar-refractivity contribution in [2.45, 2.75) is 32.7 Å². The number of hydrogen-bond acceptors (Lipinski definition) is 2. The van der Waals surface area contributed by atoms with E-state index in [9.17, 15) is 8.78 Å². The van der Waals surface area contributed by atoms with Gasteiger partial charge in [0.15, 0.2) is 0 Å². The lowest BCUT2D eigenvalue weighted by atomic mass is 10.1. The smallest absolute Gasteiger partial charge is 0.147 e. The summed E-state index contributed by atoms with van der Waals surface area (Å²) in [5, 5.41) is 3.26. The van der Waals surface area contributed by atoms with E-state index in [1.54, 1.807) is 4.57 Å². The molecule has 0 amide bonds. The number of halogens is 2. The molecule has 3 rings (SSSR count). The predicted octanol–water partition coefficient (Wildman–Crippen LogP) is 2.75. The van der Waals surface area contributed by atoms with Gasteiger partial charge in [0.2, 0.25) is 0 Å². The number of hydrogen-bond donors (Lipinski definition) is 1. The number of nitrogens with one attached hydrogen (secondary N) is 1. The van der Waals surface area contributed by atoms with E-state index in [0.29, 0.717) is 6.54 Å². The van der Waals surface area contributed by atoms with Gasteiger partial charge in [-0.25, -0.2) is 13.8 Å². The molecule has 3 nitrogen and oxygen atoms in total. The summed E-state index contributed by atoms with van der Waals surface area (Å²) in [6.07, 6.45) is 2.45. The zero-order chi connectivity index (χ0) is 14.1. The van der Waals surface area contributed by atoms with E-state index in [1.807, 2.05) is 0 Å². The number of rotatable bonds is 3. The van der Waals surface area contributed by atoms with Gasteiger partial charge in [0, 0.05) is 37.7 Å².